The van der Waals surface area contributed by atoms with Crippen molar-refractivity contribution in [2.75, 3.05) is 0 Å². The maximum atomic E-state index is 10.1. The van der Waals surface area contributed by atoms with Gasteiger partial charge in [0.2, 0.25) is 0 Å². The van der Waals surface area contributed by atoms with E-state index in [1.54, 1.807) is 0 Å². The van der Waals surface area contributed by atoms with Crippen LogP contribution in [0.5, 0.6) is 0 Å². The highest BCUT2D eigenvalue weighted by molar-refractivity contribution is 5.05. The minimum absolute atomic E-state index is 0.0200. The van der Waals surface area contributed by atoms with Crippen LogP contribution >= 0.6 is 0 Å². The molecule has 23 heavy (non-hydrogen) atoms. The van der Waals surface area contributed by atoms with Gasteiger partial charge in [0, 0.05) is 0 Å². The lowest BCUT2D eigenvalue weighted by Crippen LogP contribution is -2.49. The van der Waals surface area contributed by atoms with Crippen molar-refractivity contribution in [1.82, 2.24) is 0 Å². The van der Waals surface area contributed by atoms with Gasteiger partial charge in [-0.3, -0.25) is 0 Å². The Bertz CT molecular complexity index is 418. The third-order valence-electron chi connectivity index (χ3n) is 9.03. The summed E-state index contributed by atoms with van der Waals surface area (Å²) in [5.41, 5.74) is 0.678. The van der Waals surface area contributed by atoms with Gasteiger partial charge in [-0.15, -0.1) is 0 Å². The summed E-state index contributed by atoms with van der Waals surface area (Å²) in [7, 11) is 0. The molecule has 132 valence electrons. The second kappa shape index (κ2) is 6.36. The van der Waals surface area contributed by atoms with Crippen molar-refractivity contribution in [3.8, 4) is 0 Å². The Morgan fingerprint density at radius 1 is 0.913 bits per heavy atom. The van der Waals surface area contributed by atoms with Crippen LogP contribution in [-0.2, 0) is 0 Å². The van der Waals surface area contributed by atoms with Crippen molar-refractivity contribution < 1.29 is 5.11 Å². The van der Waals surface area contributed by atoms with Crippen LogP contribution in [0.1, 0.15) is 90.9 Å². The van der Waals surface area contributed by atoms with Crippen LogP contribution in [0.4, 0.5) is 0 Å². The number of aliphatic hydroxyl groups is 1. The van der Waals surface area contributed by atoms with Crippen molar-refractivity contribution in [2.24, 2.45) is 40.9 Å². The van der Waals surface area contributed by atoms with Crippen LogP contribution in [0.25, 0.3) is 0 Å². The Morgan fingerprint density at radius 3 is 2.57 bits per heavy atom. The van der Waals surface area contributed by atoms with Gasteiger partial charge >= 0.3 is 0 Å². The number of hydrogen-bond acceptors (Lipinski definition) is 1. The van der Waals surface area contributed by atoms with E-state index in [2.05, 4.69) is 13.8 Å². The average Bonchev–Trinajstić information content (AvgIpc) is 2.89. The van der Waals surface area contributed by atoms with Crippen LogP contribution < -0.4 is 0 Å². The van der Waals surface area contributed by atoms with Gasteiger partial charge in [-0.05, 0) is 105 Å². The van der Waals surface area contributed by atoms with Crippen molar-refractivity contribution in [2.45, 2.75) is 97.0 Å². The summed E-state index contributed by atoms with van der Waals surface area (Å²) < 4.78 is 0. The summed E-state index contributed by atoms with van der Waals surface area (Å²) in [5.74, 6) is 5.95. The van der Waals surface area contributed by atoms with E-state index in [0.29, 0.717) is 5.41 Å². The van der Waals surface area contributed by atoms with Crippen molar-refractivity contribution in [3.05, 3.63) is 0 Å². The Hall–Kier alpha value is -0.0400. The van der Waals surface area contributed by atoms with E-state index in [0.717, 1.165) is 48.3 Å². The molecular formula is C22H38O. The molecule has 0 amide bonds. The summed E-state index contributed by atoms with van der Waals surface area (Å²) in [6.45, 7) is 5.03. The molecule has 4 rings (SSSR count). The van der Waals surface area contributed by atoms with E-state index in [-0.39, 0.29) is 6.10 Å². The largest absolute Gasteiger partial charge is 0.393 e. The molecule has 1 N–H and O–H groups in total. The summed E-state index contributed by atoms with van der Waals surface area (Å²) in [5, 5.41) is 10.1. The SMILES string of the molecule is CCCCC1CCC2C3CC[C@H]4CC(O)CC[C@@H]4C3CC[C@]12C. The highest BCUT2D eigenvalue weighted by atomic mass is 16.3. The lowest BCUT2D eigenvalue weighted by Gasteiger charge is -2.56. The first-order valence-electron chi connectivity index (χ1n) is 10.8. The van der Waals surface area contributed by atoms with Gasteiger partial charge in [0.1, 0.15) is 0 Å². The lowest BCUT2D eigenvalue weighted by atomic mass is 9.49. The highest BCUT2D eigenvalue weighted by Gasteiger charge is 2.56. The Balaban J connectivity index is 1.49. The first-order chi connectivity index (χ1) is 11.1. The molecule has 8 atom stereocenters. The number of hydrogen-bond donors (Lipinski definition) is 1. The van der Waals surface area contributed by atoms with Gasteiger partial charge in [0.05, 0.1) is 6.10 Å². The molecule has 0 bridgehead atoms. The molecule has 4 aliphatic rings. The van der Waals surface area contributed by atoms with Crippen molar-refractivity contribution in [3.63, 3.8) is 0 Å². The predicted octanol–water partition coefficient (Wildman–Crippen LogP) is 5.81. The molecule has 0 saturated heterocycles. The fraction of sp³-hybridized carbons (Fsp3) is 1.00. The van der Waals surface area contributed by atoms with E-state index < -0.39 is 0 Å². The van der Waals surface area contributed by atoms with Crippen molar-refractivity contribution in [1.29, 1.82) is 0 Å². The summed E-state index contributed by atoms with van der Waals surface area (Å²) in [6.07, 6.45) is 16.9. The van der Waals surface area contributed by atoms with Crippen LogP contribution in [0.2, 0.25) is 0 Å². The molecule has 0 radical (unpaired) electrons. The molecule has 5 unspecified atom stereocenters. The first kappa shape index (κ1) is 16.4. The summed E-state index contributed by atoms with van der Waals surface area (Å²) in [6, 6.07) is 0. The minimum atomic E-state index is 0.0200. The smallest absolute Gasteiger partial charge is 0.0543 e. The second-order valence-corrected chi connectivity index (χ2v) is 9.86. The number of unbranched alkanes of at least 4 members (excludes halogenated alkanes) is 1. The van der Waals surface area contributed by atoms with E-state index in [9.17, 15) is 5.11 Å². The summed E-state index contributed by atoms with van der Waals surface area (Å²) >= 11 is 0. The maximum absolute atomic E-state index is 10.1. The monoisotopic (exact) mass is 318 g/mol. The number of fused-ring (bicyclic) bond motifs is 5. The molecule has 0 spiro atoms. The Morgan fingerprint density at radius 2 is 1.74 bits per heavy atom. The van der Waals surface area contributed by atoms with Crippen LogP contribution in [0, 0.1) is 40.9 Å². The standard InChI is InChI=1S/C22H38O/c1-3-4-5-16-7-11-21-20-9-6-15-14-17(23)8-10-18(15)19(20)12-13-22(16,21)2/h15-21,23H,3-14H2,1-2H3/t15-,16?,17?,18-,19?,20?,21?,22+/m0/s1. The first-order valence-corrected chi connectivity index (χ1v) is 10.8. The Kier molecular flexibility index (Phi) is 4.54. The van der Waals surface area contributed by atoms with Crippen LogP contribution in [-0.4, -0.2) is 11.2 Å². The van der Waals surface area contributed by atoms with E-state index >= 15 is 0 Å². The van der Waals surface area contributed by atoms with Gasteiger partial charge in [-0.2, -0.15) is 0 Å². The molecule has 0 heterocycles. The second-order valence-electron chi connectivity index (χ2n) is 9.86. The predicted molar refractivity (Wildman–Crippen MR) is 96.1 cm³/mol. The number of aliphatic hydroxyl groups excluding tert-OH is 1. The molecular weight excluding hydrogens is 280 g/mol. The average molecular weight is 319 g/mol. The lowest BCUT2D eigenvalue weighted by molar-refractivity contribution is -0.0778. The molecule has 0 aromatic carbocycles. The Labute approximate surface area is 143 Å². The topological polar surface area (TPSA) is 20.2 Å². The zero-order chi connectivity index (χ0) is 16.0. The van der Waals surface area contributed by atoms with Gasteiger partial charge < -0.3 is 5.11 Å². The van der Waals surface area contributed by atoms with Crippen LogP contribution in [0.3, 0.4) is 0 Å². The van der Waals surface area contributed by atoms with Crippen LogP contribution in [0.15, 0.2) is 0 Å². The zero-order valence-electron chi connectivity index (χ0n) is 15.5. The molecule has 4 saturated carbocycles. The highest BCUT2D eigenvalue weighted by Crippen LogP contribution is 2.64. The quantitative estimate of drug-likeness (QED) is 0.696. The fourth-order valence-corrected chi connectivity index (χ4v) is 7.86. The normalized spacial score (nSPS) is 52.6. The number of rotatable bonds is 3. The molecule has 0 aromatic heterocycles. The van der Waals surface area contributed by atoms with E-state index in [1.807, 2.05) is 0 Å². The van der Waals surface area contributed by atoms with Gasteiger partial charge in [-0.1, -0.05) is 26.7 Å². The van der Waals surface area contributed by atoms with Crippen molar-refractivity contribution >= 4 is 0 Å². The molecule has 4 aliphatic carbocycles. The van der Waals surface area contributed by atoms with E-state index in [4.69, 9.17) is 0 Å². The third kappa shape index (κ3) is 2.70. The minimum Gasteiger partial charge on any atom is -0.393 e. The molecule has 0 aliphatic heterocycles. The van der Waals surface area contributed by atoms with E-state index in [1.165, 1.54) is 64.2 Å². The molecule has 4 fully saturated rings. The molecule has 1 nitrogen and oxygen atoms in total. The fourth-order valence-electron chi connectivity index (χ4n) is 7.86. The van der Waals surface area contributed by atoms with Gasteiger partial charge in [-0.25, -0.2) is 0 Å². The zero-order valence-corrected chi connectivity index (χ0v) is 15.5. The molecule has 1 heteroatoms. The van der Waals surface area contributed by atoms with Gasteiger partial charge in [0.25, 0.3) is 0 Å². The van der Waals surface area contributed by atoms with Gasteiger partial charge in [0.15, 0.2) is 0 Å². The maximum Gasteiger partial charge on any atom is 0.0543 e. The third-order valence-corrected chi connectivity index (χ3v) is 9.03. The summed E-state index contributed by atoms with van der Waals surface area (Å²) in [4.78, 5) is 0. The molecule has 0 aromatic rings.